The van der Waals surface area contributed by atoms with Gasteiger partial charge in [-0.25, -0.2) is 9.97 Å². The number of hydrogen-bond donors (Lipinski definition) is 2. The van der Waals surface area contributed by atoms with Crippen LogP contribution in [0.25, 0.3) is 0 Å². The third-order valence-electron chi connectivity index (χ3n) is 2.71. The average molecular weight is 278 g/mol. The first-order chi connectivity index (χ1) is 8.88. The first-order valence-electron chi connectivity index (χ1n) is 6.18. The monoisotopic (exact) mass is 278 g/mol. The van der Waals surface area contributed by atoms with Crippen LogP contribution in [0.2, 0.25) is 0 Å². The smallest absolute Gasteiger partial charge is 0.252 e. The maximum Gasteiger partial charge on any atom is 0.252 e. The summed E-state index contributed by atoms with van der Waals surface area (Å²) in [4.78, 5) is 23.1. The Balaban J connectivity index is 2.31. The van der Waals surface area contributed by atoms with Gasteiger partial charge in [0.2, 0.25) is 0 Å². The van der Waals surface area contributed by atoms with E-state index in [9.17, 15) is 4.79 Å². The summed E-state index contributed by atoms with van der Waals surface area (Å²) in [5, 5.41) is 6.17. The van der Waals surface area contributed by atoms with Crippen LogP contribution in [0.4, 0.5) is 5.82 Å². The van der Waals surface area contributed by atoms with Crippen molar-refractivity contribution in [2.24, 2.45) is 0 Å². The lowest BCUT2D eigenvalue weighted by Crippen LogP contribution is -2.29. The van der Waals surface area contributed by atoms with Crippen molar-refractivity contribution in [2.75, 3.05) is 5.32 Å². The second kappa shape index (κ2) is 5.13. The second-order valence-electron chi connectivity index (χ2n) is 5.26. The van der Waals surface area contributed by atoms with E-state index < -0.39 is 0 Å². The first kappa shape index (κ1) is 13.7. The minimum atomic E-state index is -0.358. The summed E-state index contributed by atoms with van der Waals surface area (Å²) < 4.78 is 0. The molecule has 0 spiro atoms. The van der Waals surface area contributed by atoms with Crippen LogP contribution < -0.4 is 10.9 Å². The molecule has 0 bridgehead atoms. The summed E-state index contributed by atoms with van der Waals surface area (Å²) >= 11 is 1.58. The highest BCUT2D eigenvalue weighted by molar-refractivity contribution is 7.09. The number of nitrogens with one attached hydrogen (secondary N) is 2. The molecule has 0 aliphatic carbocycles. The summed E-state index contributed by atoms with van der Waals surface area (Å²) in [7, 11) is 0. The molecule has 2 rings (SSSR count). The van der Waals surface area contributed by atoms with Crippen LogP contribution in [0.1, 0.15) is 44.4 Å². The quantitative estimate of drug-likeness (QED) is 0.902. The van der Waals surface area contributed by atoms with Crippen LogP contribution in [0.3, 0.4) is 0 Å². The zero-order valence-electron chi connectivity index (χ0n) is 11.5. The molecule has 0 atom stereocenters. The third-order valence-corrected chi connectivity index (χ3v) is 3.81. The standard InChI is InChI=1S/C13H18N4OS/c1-8(2)11-15-9(7-10(18)16-11)17-13(3,4)12-14-5-6-19-12/h5-8H,1-4H3,(H2,15,16,17,18). The molecule has 6 heteroatoms. The SMILES string of the molecule is CC(C)c1nc(NC(C)(C)c2nccs2)cc(=O)[nH]1. The van der Waals surface area contributed by atoms with E-state index in [1.165, 1.54) is 6.07 Å². The van der Waals surface area contributed by atoms with E-state index in [0.29, 0.717) is 11.6 Å². The lowest BCUT2D eigenvalue weighted by atomic mass is 10.1. The Labute approximate surface area is 116 Å². The number of thiazole rings is 1. The van der Waals surface area contributed by atoms with E-state index in [2.05, 4.69) is 20.3 Å². The Bertz CT molecular complexity index is 601. The Hall–Kier alpha value is -1.69. The van der Waals surface area contributed by atoms with Crippen LogP contribution in [-0.2, 0) is 5.54 Å². The number of H-pyrrole nitrogens is 1. The Morgan fingerprint density at radius 2 is 2.16 bits per heavy atom. The number of anilines is 1. The molecule has 5 nitrogen and oxygen atoms in total. The zero-order valence-corrected chi connectivity index (χ0v) is 12.3. The van der Waals surface area contributed by atoms with Crippen molar-refractivity contribution in [3.63, 3.8) is 0 Å². The van der Waals surface area contributed by atoms with Crippen molar-refractivity contribution in [1.29, 1.82) is 0 Å². The number of rotatable bonds is 4. The predicted molar refractivity (Wildman–Crippen MR) is 77.7 cm³/mol. The molecule has 2 N–H and O–H groups in total. The second-order valence-corrected chi connectivity index (χ2v) is 6.15. The van der Waals surface area contributed by atoms with Crippen LogP contribution in [-0.4, -0.2) is 15.0 Å². The highest BCUT2D eigenvalue weighted by Gasteiger charge is 2.24. The molecule has 2 aromatic heterocycles. The maximum atomic E-state index is 11.6. The maximum absolute atomic E-state index is 11.6. The number of nitrogens with zero attached hydrogens (tertiary/aromatic N) is 2. The summed E-state index contributed by atoms with van der Waals surface area (Å²) in [6.45, 7) is 8.02. The zero-order chi connectivity index (χ0) is 14.0. The molecule has 2 aromatic rings. The molecular formula is C13H18N4OS. The van der Waals surface area contributed by atoms with Gasteiger partial charge in [-0.2, -0.15) is 0 Å². The van der Waals surface area contributed by atoms with Crippen molar-refractivity contribution >= 4 is 17.2 Å². The Kier molecular flexibility index (Phi) is 3.71. The number of aromatic amines is 1. The van der Waals surface area contributed by atoms with Crippen molar-refractivity contribution in [3.8, 4) is 0 Å². The lowest BCUT2D eigenvalue weighted by molar-refractivity contribution is 0.598. The van der Waals surface area contributed by atoms with Crippen molar-refractivity contribution < 1.29 is 0 Å². The Morgan fingerprint density at radius 1 is 1.42 bits per heavy atom. The molecule has 2 heterocycles. The highest BCUT2D eigenvalue weighted by Crippen LogP contribution is 2.26. The molecular weight excluding hydrogens is 260 g/mol. The van der Waals surface area contributed by atoms with Gasteiger partial charge in [-0.3, -0.25) is 4.79 Å². The highest BCUT2D eigenvalue weighted by atomic mass is 32.1. The summed E-state index contributed by atoms with van der Waals surface area (Å²) in [6, 6.07) is 1.47. The molecule has 0 aliphatic heterocycles. The van der Waals surface area contributed by atoms with Crippen LogP contribution in [0, 0.1) is 0 Å². The molecule has 0 aromatic carbocycles. The summed E-state index contributed by atoms with van der Waals surface area (Å²) in [5.41, 5.74) is -0.500. The molecule has 0 radical (unpaired) electrons. The minimum Gasteiger partial charge on any atom is -0.358 e. The van der Waals surface area contributed by atoms with E-state index in [4.69, 9.17) is 0 Å². The summed E-state index contributed by atoms with van der Waals surface area (Å²) in [5.74, 6) is 1.44. The van der Waals surface area contributed by atoms with Crippen LogP contribution >= 0.6 is 11.3 Å². The fraction of sp³-hybridized carbons (Fsp3) is 0.462. The minimum absolute atomic E-state index is 0.142. The molecule has 0 aliphatic rings. The molecule has 102 valence electrons. The van der Waals surface area contributed by atoms with Gasteiger partial charge in [0.25, 0.3) is 5.56 Å². The molecule has 0 saturated carbocycles. The normalized spacial score (nSPS) is 11.8. The van der Waals surface area contributed by atoms with Crippen LogP contribution in [0.5, 0.6) is 0 Å². The van der Waals surface area contributed by atoms with Gasteiger partial charge in [-0.15, -0.1) is 11.3 Å². The molecule has 19 heavy (non-hydrogen) atoms. The fourth-order valence-electron chi connectivity index (χ4n) is 1.72. The lowest BCUT2D eigenvalue weighted by Gasteiger charge is -2.24. The molecule has 0 fully saturated rings. The Morgan fingerprint density at radius 3 is 2.74 bits per heavy atom. The van der Waals surface area contributed by atoms with Gasteiger partial charge in [0.15, 0.2) is 0 Å². The van der Waals surface area contributed by atoms with Crippen LogP contribution in [0.15, 0.2) is 22.4 Å². The first-order valence-corrected chi connectivity index (χ1v) is 7.06. The number of aromatic nitrogens is 3. The average Bonchev–Trinajstić information content (AvgIpc) is 2.81. The third kappa shape index (κ3) is 3.20. The molecule has 0 saturated heterocycles. The van der Waals surface area contributed by atoms with Crippen molar-refractivity contribution in [1.82, 2.24) is 15.0 Å². The fourth-order valence-corrected chi connectivity index (χ4v) is 2.44. The molecule has 0 amide bonds. The predicted octanol–water partition coefficient (Wildman–Crippen LogP) is 2.70. The van der Waals surface area contributed by atoms with Crippen molar-refractivity contribution in [2.45, 2.75) is 39.2 Å². The topological polar surface area (TPSA) is 70.7 Å². The van der Waals surface area contributed by atoms with Gasteiger partial charge in [-0.05, 0) is 13.8 Å². The summed E-state index contributed by atoms with van der Waals surface area (Å²) in [6.07, 6.45) is 1.77. The largest absolute Gasteiger partial charge is 0.358 e. The van der Waals surface area contributed by atoms with E-state index in [1.807, 2.05) is 33.1 Å². The van der Waals surface area contributed by atoms with Crippen molar-refractivity contribution in [3.05, 3.63) is 38.8 Å². The van der Waals surface area contributed by atoms with Gasteiger partial charge in [0.1, 0.15) is 16.6 Å². The van der Waals surface area contributed by atoms with Gasteiger partial charge in [0, 0.05) is 23.6 Å². The van der Waals surface area contributed by atoms with E-state index in [1.54, 1.807) is 17.5 Å². The van der Waals surface area contributed by atoms with Gasteiger partial charge >= 0.3 is 0 Å². The van der Waals surface area contributed by atoms with Gasteiger partial charge < -0.3 is 10.3 Å². The van der Waals surface area contributed by atoms with Gasteiger partial charge in [-0.1, -0.05) is 13.8 Å². The van der Waals surface area contributed by atoms with E-state index in [0.717, 1.165) is 5.01 Å². The molecule has 0 unspecified atom stereocenters. The van der Waals surface area contributed by atoms with E-state index >= 15 is 0 Å². The van der Waals surface area contributed by atoms with Gasteiger partial charge in [0.05, 0.1) is 5.54 Å². The number of hydrogen-bond acceptors (Lipinski definition) is 5. The van der Waals surface area contributed by atoms with E-state index in [-0.39, 0.29) is 17.0 Å².